The summed E-state index contributed by atoms with van der Waals surface area (Å²) in [6.45, 7) is 5.57. The minimum atomic E-state index is -0.100. The summed E-state index contributed by atoms with van der Waals surface area (Å²) >= 11 is 0. The number of piperidine rings is 2. The number of urea groups is 1. The summed E-state index contributed by atoms with van der Waals surface area (Å²) in [6, 6.07) is 9.35. The molecule has 4 rings (SSSR count). The van der Waals surface area contributed by atoms with Gasteiger partial charge in [0.15, 0.2) is 0 Å². The minimum Gasteiger partial charge on any atom is -0.347 e. The minimum absolute atomic E-state index is 0.0464. The Labute approximate surface area is 197 Å². The summed E-state index contributed by atoms with van der Waals surface area (Å²) in [5.41, 5.74) is 2.53. The van der Waals surface area contributed by atoms with Gasteiger partial charge in [-0.2, -0.15) is 0 Å². The number of benzene rings is 1. The molecule has 2 heterocycles. The van der Waals surface area contributed by atoms with E-state index in [1.165, 1.54) is 17.5 Å². The number of hydrogen-bond acceptors (Lipinski definition) is 4. The number of likely N-dealkylation sites (tertiary alicyclic amines) is 1. The second-order valence-corrected chi connectivity index (χ2v) is 10.2. The maximum Gasteiger partial charge on any atom is 0.317 e. The fourth-order valence-electron chi connectivity index (χ4n) is 5.68. The molecule has 7 heteroatoms. The van der Waals surface area contributed by atoms with Crippen molar-refractivity contribution in [1.29, 1.82) is 0 Å². The van der Waals surface area contributed by atoms with E-state index in [0.29, 0.717) is 17.9 Å². The molecule has 1 aliphatic carbocycles. The van der Waals surface area contributed by atoms with Gasteiger partial charge in [0.25, 0.3) is 0 Å². The highest BCUT2D eigenvalue weighted by Gasteiger charge is 2.42. The van der Waals surface area contributed by atoms with Crippen molar-refractivity contribution in [2.24, 2.45) is 10.9 Å². The molecule has 3 fully saturated rings. The molecule has 0 aromatic heterocycles. The molecule has 3 aliphatic rings. The molecular weight excluding hydrogens is 414 g/mol. The Balaban J connectivity index is 1.29. The van der Waals surface area contributed by atoms with Crippen molar-refractivity contribution in [2.45, 2.75) is 82.5 Å². The number of rotatable bonds is 7. The van der Waals surface area contributed by atoms with Crippen LogP contribution < -0.4 is 16.0 Å². The molecule has 3 N–H and O–H groups in total. The van der Waals surface area contributed by atoms with E-state index in [1.807, 2.05) is 25.0 Å². The van der Waals surface area contributed by atoms with Crippen molar-refractivity contribution >= 4 is 18.2 Å². The second kappa shape index (κ2) is 10.7. The van der Waals surface area contributed by atoms with Crippen LogP contribution in [0.1, 0.15) is 63.0 Å². The Kier molecular flexibility index (Phi) is 7.68. The molecule has 0 unspecified atom stereocenters. The van der Waals surface area contributed by atoms with Crippen LogP contribution in [0.2, 0.25) is 0 Å². The van der Waals surface area contributed by atoms with Gasteiger partial charge >= 0.3 is 6.03 Å². The van der Waals surface area contributed by atoms with Crippen molar-refractivity contribution in [3.63, 3.8) is 0 Å². The van der Waals surface area contributed by atoms with Gasteiger partial charge in [-0.05, 0) is 75.3 Å². The van der Waals surface area contributed by atoms with E-state index in [0.717, 1.165) is 45.2 Å². The quantitative estimate of drug-likeness (QED) is 0.555. The average Bonchev–Trinajstić information content (AvgIpc) is 3.43. The van der Waals surface area contributed by atoms with E-state index < -0.39 is 0 Å². The molecule has 33 heavy (non-hydrogen) atoms. The van der Waals surface area contributed by atoms with Crippen molar-refractivity contribution in [3.05, 3.63) is 35.4 Å². The summed E-state index contributed by atoms with van der Waals surface area (Å²) in [4.78, 5) is 31.2. The van der Waals surface area contributed by atoms with Crippen LogP contribution in [0.4, 0.5) is 4.79 Å². The zero-order valence-corrected chi connectivity index (χ0v) is 20.2. The van der Waals surface area contributed by atoms with Gasteiger partial charge in [0, 0.05) is 38.4 Å². The number of fused-ring (bicyclic) bond motifs is 2. The normalized spacial score (nSPS) is 26.2. The van der Waals surface area contributed by atoms with Crippen LogP contribution in [-0.4, -0.2) is 67.4 Å². The lowest BCUT2D eigenvalue weighted by Crippen LogP contribution is -2.51. The van der Waals surface area contributed by atoms with Gasteiger partial charge in [0.05, 0.1) is 12.1 Å². The first kappa shape index (κ1) is 23.7. The molecule has 180 valence electrons. The standard InChI is InChI=1S/C26H39N5O2/c1-17(2)28-26(33)31-12-10-20(11-13-31)19-6-4-18(5-7-19)14-23(16-27-3)30-25(32)24-21-8-9-22(15-21)29-24/h4-7,16-17,20-24,29H,8-15H2,1-3H3,(H,28,33)(H,30,32)/t21-,22+,23-,24-/m0/s1. The lowest BCUT2D eigenvalue weighted by Gasteiger charge is -2.32. The Morgan fingerprint density at radius 2 is 1.85 bits per heavy atom. The predicted molar refractivity (Wildman–Crippen MR) is 132 cm³/mol. The van der Waals surface area contributed by atoms with Gasteiger partial charge in [0.2, 0.25) is 5.91 Å². The molecule has 0 radical (unpaired) electrons. The number of nitrogens with zero attached hydrogens (tertiary/aromatic N) is 2. The maximum atomic E-state index is 12.8. The number of hydrogen-bond donors (Lipinski definition) is 3. The van der Waals surface area contributed by atoms with E-state index >= 15 is 0 Å². The van der Waals surface area contributed by atoms with Crippen LogP contribution in [0.3, 0.4) is 0 Å². The first-order valence-corrected chi connectivity index (χ1v) is 12.6. The number of nitrogens with one attached hydrogen (secondary N) is 3. The first-order chi connectivity index (χ1) is 15.9. The van der Waals surface area contributed by atoms with Crippen molar-refractivity contribution in [1.82, 2.24) is 20.9 Å². The third-order valence-corrected chi connectivity index (χ3v) is 7.40. The first-order valence-electron chi connectivity index (χ1n) is 12.6. The predicted octanol–water partition coefficient (Wildman–Crippen LogP) is 2.85. The Morgan fingerprint density at radius 3 is 2.42 bits per heavy atom. The molecule has 2 saturated heterocycles. The van der Waals surface area contributed by atoms with Gasteiger partial charge in [-0.1, -0.05) is 24.3 Å². The molecule has 3 amide bonds. The van der Waals surface area contributed by atoms with Gasteiger partial charge in [-0.15, -0.1) is 0 Å². The summed E-state index contributed by atoms with van der Waals surface area (Å²) in [5, 5.41) is 9.67. The molecule has 1 aromatic carbocycles. The van der Waals surface area contributed by atoms with Gasteiger partial charge in [0.1, 0.15) is 0 Å². The van der Waals surface area contributed by atoms with Gasteiger partial charge < -0.3 is 20.9 Å². The fraction of sp³-hybridized carbons (Fsp3) is 0.654. The Morgan fingerprint density at radius 1 is 1.12 bits per heavy atom. The Bertz CT molecular complexity index is 845. The third-order valence-electron chi connectivity index (χ3n) is 7.40. The lowest BCUT2D eigenvalue weighted by atomic mass is 9.88. The summed E-state index contributed by atoms with van der Waals surface area (Å²) < 4.78 is 0. The SMILES string of the molecule is CN=C[C@H](Cc1ccc(C2CCN(C(=O)NC(C)C)CC2)cc1)NC(=O)[C@H]1N[C@@H]2CC[C@H]1C2. The smallest absolute Gasteiger partial charge is 0.317 e. The van der Waals surface area contributed by atoms with Crippen LogP contribution in [0, 0.1) is 5.92 Å². The number of carbonyl (C=O) groups excluding carboxylic acids is 2. The monoisotopic (exact) mass is 453 g/mol. The molecule has 4 atom stereocenters. The van der Waals surface area contributed by atoms with Crippen LogP contribution >= 0.6 is 0 Å². The lowest BCUT2D eigenvalue weighted by molar-refractivity contribution is -0.124. The fourth-order valence-corrected chi connectivity index (χ4v) is 5.68. The number of carbonyl (C=O) groups is 2. The molecule has 1 aromatic rings. The molecule has 1 saturated carbocycles. The van der Waals surface area contributed by atoms with Crippen LogP contribution in [0.5, 0.6) is 0 Å². The average molecular weight is 454 g/mol. The van der Waals surface area contributed by atoms with Crippen molar-refractivity contribution < 1.29 is 9.59 Å². The molecule has 0 spiro atoms. The Hall–Kier alpha value is -2.41. The largest absolute Gasteiger partial charge is 0.347 e. The molecule has 2 bridgehead atoms. The van der Waals surface area contributed by atoms with E-state index in [2.05, 4.69) is 45.2 Å². The number of amides is 3. The zero-order valence-electron chi connectivity index (χ0n) is 20.2. The topological polar surface area (TPSA) is 85.8 Å². The highest BCUT2D eigenvalue weighted by atomic mass is 16.2. The second-order valence-electron chi connectivity index (χ2n) is 10.2. The molecule has 7 nitrogen and oxygen atoms in total. The molecule has 2 aliphatic heterocycles. The third kappa shape index (κ3) is 5.94. The highest BCUT2D eigenvalue weighted by molar-refractivity contribution is 5.86. The van der Waals surface area contributed by atoms with Crippen LogP contribution in [0.15, 0.2) is 29.3 Å². The maximum absolute atomic E-state index is 12.8. The van der Waals surface area contributed by atoms with Crippen LogP contribution in [-0.2, 0) is 11.2 Å². The van der Waals surface area contributed by atoms with E-state index in [9.17, 15) is 9.59 Å². The van der Waals surface area contributed by atoms with Gasteiger partial charge in [-0.3, -0.25) is 9.79 Å². The van der Waals surface area contributed by atoms with Gasteiger partial charge in [-0.25, -0.2) is 4.79 Å². The highest BCUT2D eigenvalue weighted by Crippen LogP contribution is 2.35. The number of aliphatic imine (C=N–C) groups is 1. The molecular formula is C26H39N5O2. The summed E-state index contributed by atoms with van der Waals surface area (Å²) in [6.07, 6.45) is 8.05. The zero-order chi connectivity index (χ0) is 23.4. The van der Waals surface area contributed by atoms with E-state index in [-0.39, 0.29) is 30.1 Å². The van der Waals surface area contributed by atoms with E-state index in [1.54, 1.807) is 7.05 Å². The summed E-state index contributed by atoms with van der Waals surface area (Å²) in [5.74, 6) is 1.08. The summed E-state index contributed by atoms with van der Waals surface area (Å²) in [7, 11) is 1.76. The van der Waals surface area contributed by atoms with Crippen LogP contribution in [0.25, 0.3) is 0 Å². The van der Waals surface area contributed by atoms with E-state index in [4.69, 9.17) is 0 Å². The van der Waals surface area contributed by atoms with Crippen molar-refractivity contribution in [3.8, 4) is 0 Å². The van der Waals surface area contributed by atoms with Crippen molar-refractivity contribution in [2.75, 3.05) is 20.1 Å².